The molecule has 0 aliphatic carbocycles. The van der Waals surface area contributed by atoms with Gasteiger partial charge in [0.05, 0.1) is 13.7 Å². The molecule has 0 spiro atoms. The number of β-amino-alcohol motifs (C(OH)–C–C–N with tert-alkyl or cyclic N) is 1. The fraction of sp³-hybridized carbons (Fsp3) is 0.409. The third kappa shape index (κ3) is 2.88. The Kier molecular flexibility index (Phi) is 4.45. The lowest BCUT2D eigenvalue weighted by atomic mass is 10.0. The van der Waals surface area contributed by atoms with E-state index in [4.69, 9.17) is 4.74 Å². The lowest BCUT2D eigenvalue weighted by Crippen LogP contribution is -2.41. The van der Waals surface area contributed by atoms with E-state index in [0.29, 0.717) is 6.54 Å². The van der Waals surface area contributed by atoms with Crippen molar-refractivity contribution in [1.82, 2.24) is 0 Å². The topological polar surface area (TPSA) is 35.7 Å². The van der Waals surface area contributed by atoms with E-state index >= 15 is 0 Å². The molecule has 0 aromatic heterocycles. The van der Waals surface area contributed by atoms with Crippen molar-refractivity contribution in [2.75, 3.05) is 25.1 Å². The smallest absolute Gasteiger partial charge is 0.271 e. The van der Waals surface area contributed by atoms with Gasteiger partial charge >= 0.3 is 0 Å². The Hall–Kier alpha value is -2.33. The molecule has 0 amide bonds. The summed E-state index contributed by atoms with van der Waals surface area (Å²) in [6, 6.07) is 16.4. The third-order valence-corrected chi connectivity index (χ3v) is 5.63. The molecule has 0 fully saturated rings. The van der Waals surface area contributed by atoms with E-state index in [0.717, 1.165) is 36.4 Å². The van der Waals surface area contributed by atoms with E-state index < -0.39 is 5.72 Å². The average molecular weight is 351 g/mol. The molecule has 4 nitrogen and oxygen atoms in total. The summed E-state index contributed by atoms with van der Waals surface area (Å²) in [6.07, 6.45) is 4.50. The minimum absolute atomic E-state index is 0.553. The number of anilines is 1. The van der Waals surface area contributed by atoms with Crippen LogP contribution in [0.5, 0.6) is 5.75 Å². The zero-order chi connectivity index (χ0) is 18.1. The zero-order valence-electron chi connectivity index (χ0n) is 15.6. The van der Waals surface area contributed by atoms with E-state index in [1.54, 1.807) is 7.11 Å². The van der Waals surface area contributed by atoms with Gasteiger partial charge in [-0.1, -0.05) is 29.8 Å². The van der Waals surface area contributed by atoms with Crippen LogP contribution in [0.25, 0.3) is 0 Å². The SMILES string of the molecule is COc1ccc(N2C[C@](O)(c3ccc(C)cc3)[N+]3=C2CCCCC3)cc1. The van der Waals surface area contributed by atoms with Crippen LogP contribution in [0.3, 0.4) is 0 Å². The minimum Gasteiger partial charge on any atom is -0.497 e. The summed E-state index contributed by atoms with van der Waals surface area (Å²) in [5.74, 6) is 2.08. The molecule has 0 saturated carbocycles. The van der Waals surface area contributed by atoms with Crippen LogP contribution < -0.4 is 9.64 Å². The number of amidine groups is 1. The molecule has 0 unspecified atom stereocenters. The number of aryl methyl sites for hydroxylation is 1. The number of hydrogen-bond acceptors (Lipinski definition) is 3. The second kappa shape index (κ2) is 6.76. The molecular formula is C22H27N2O2+. The fourth-order valence-corrected chi connectivity index (χ4v) is 4.14. The molecule has 4 rings (SSSR count). The normalized spacial score (nSPS) is 23.0. The van der Waals surface area contributed by atoms with Crippen LogP contribution in [-0.4, -0.2) is 35.7 Å². The van der Waals surface area contributed by atoms with E-state index in [1.807, 2.05) is 12.1 Å². The summed E-state index contributed by atoms with van der Waals surface area (Å²) < 4.78 is 7.53. The molecule has 0 radical (unpaired) electrons. The number of rotatable bonds is 3. The summed E-state index contributed by atoms with van der Waals surface area (Å²) >= 11 is 0. The second-order valence-electron chi connectivity index (χ2n) is 7.35. The summed E-state index contributed by atoms with van der Waals surface area (Å²) in [4.78, 5) is 2.28. The van der Waals surface area contributed by atoms with E-state index in [-0.39, 0.29) is 0 Å². The van der Waals surface area contributed by atoms with Crippen molar-refractivity contribution in [1.29, 1.82) is 0 Å². The summed E-state index contributed by atoms with van der Waals surface area (Å²) in [5.41, 5.74) is 2.31. The van der Waals surface area contributed by atoms with Crippen molar-refractivity contribution in [3.05, 3.63) is 59.7 Å². The van der Waals surface area contributed by atoms with Crippen LogP contribution in [0.2, 0.25) is 0 Å². The number of ether oxygens (including phenoxy) is 1. The number of methoxy groups -OCH3 is 1. The van der Waals surface area contributed by atoms with Gasteiger partial charge in [0.15, 0.2) is 6.54 Å². The van der Waals surface area contributed by atoms with Crippen molar-refractivity contribution in [3.63, 3.8) is 0 Å². The Bertz CT molecular complexity index is 811. The molecule has 2 aromatic carbocycles. The van der Waals surface area contributed by atoms with Crippen LogP contribution in [0.1, 0.15) is 36.8 Å². The standard InChI is InChI=1S/C22H27N2O2/c1-17-7-9-18(10-8-17)22(25)16-23(19-11-13-20(26-2)14-12-19)21-6-4-3-5-15-24(21)22/h7-14,25H,3-6,15-16H2,1-2H3/q+1/t22-/m0/s1. The summed E-state index contributed by atoms with van der Waals surface area (Å²) in [6.45, 7) is 3.53. The monoisotopic (exact) mass is 351 g/mol. The first-order chi connectivity index (χ1) is 12.6. The molecule has 1 N–H and O–H groups in total. The van der Waals surface area contributed by atoms with Gasteiger partial charge in [0, 0.05) is 12.0 Å². The molecular weight excluding hydrogens is 324 g/mol. The predicted molar refractivity (Wildman–Crippen MR) is 104 cm³/mol. The van der Waals surface area contributed by atoms with Crippen LogP contribution in [0, 0.1) is 6.92 Å². The fourth-order valence-electron chi connectivity index (χ4n) is 4.14. The van der Waals surface area contributed by atoms with Crippen molar-refractivity contribution in [3.8, 4) is 5.75 Å². The molecule has 2 heterocycles. The van der Waals surface area contributed by atoms with Gasteiger partial charge in [0.1, 0.15) is 11.4 Å². The van der Waals surface area contributed by atoms with Crippen molar-refractivity contribution < 1.29 is 14.4 Å². The van der Waals surface area contributed by atoms with Gasteiger partial charge in [0.2, 0.25) is 0 Å². The van der Waals surface area contributed by atoms with Crippen molar-refractivity contribution in [2.24, 2.45) is 0 Å². The van der Waals surface area contributed by atoms with Gasteiger partial charge in [0.25, 0.3) is 11.6 Å². The van der Waals surface area contributed by atoms with Crippen LogP contribution in [0.4, 0.5) is 5.69 Å². The van der Waals surface area contributed by atoms with E-state index in [2.05, 4.69) is 52.8 Å². The molecule has 2 aromatic rings. The molecule has 0 saturated heterocycles. The van der Waals surface area contributed by atoms with Crippen LogP contribution in [0.15, 0.2) is 48.5 Å². The maximum atomic E-state index is 11.7. The van der Waals surface area contributed by atoms with Gasteiger partial charge in [-0.15, -0.1) is 0 Å². The number of nitrogens with zero attached hydrogens (tertiary/aromatic N) is 2. The second-order valence-corrected chi connectivity index (χ2v) is 7.35. The van der Waals surface area contributed by atoms with Gasteiger partial charge in [-0.25, -0.2) is 9.48 Å². The largest absolute Gasteiger partial charge is 0.497 e. The number of benzene rings is 2. The van der Waals surface area contributed by atoms with Gasteiger partial charge < -0.3 is 9.84 Å². The first-order valence-corrected chi connectivity index (χ1v) is 9.46. The molecule has 1 atom stereocenters. The third-order valence-electron chi connectivity index (χ3n) is 5.63. The Morgan fingerprint density at radius 2 is 1.73 bits per heavy atom. The van der Waals surface area contributed by atoms with Gasteiger partial charge in [-0.3, -0.25) is 0 Å². The van der Waals surface area contributed by atoms with Crippen molar-refractivity contribution >= 4 is 11.5 Å². The molecule has 26 heavy (non-hydrogen) atoms. The minimum atomic E-state index is -0.979. The first-order valence-electron chi connectivity index (χ1n) is 9.46. The summed E-state index contributed by atoms with van der Waals surface area (Å²) in [7, 11) is 1.68. The Balaban J connectivity index is 1.77. The lowest BCUT2D eigenvalue weighted by molar-refractivity contribution is -0.658. The Labute approximate surface area is 155 Å². The molecule has 4 heteroatoms. The molecule has 136 valence electrons. The van der Waals surface area contributed by atoms with Crippen LogP contribution >= 0.6 is 0 Å². The number of hydrogen-bond donors (Lipinski definition) is 1. The Morgan fingerprint density at radius 1 is 1.00 bits per heavy atom. The average Bonchev–Trinajstić information content (AvgIpc) is 2.82. The highest BCUT2D eigenvalue weighted by Gasteiger charge is 2.51. The Morgan fingerprint density at radius 3 is 2.42 bits per heavy atom. The summed E-state index contributed by atoms with van der Waals surface area (Å²) in [5, 5.41) is 11.7. The molecule has 2 aliphatic rings. The van der Waals surface area contributed by atoms with Crippen molar-refractivity contribution in [2.45, 2.75) is 38.3 Å². The quantitative estimate of drug-likeness (QED) is 0.858. The molecule has 0 bridgehead atoms. The maximum Gasteiger partial charge on any atom is 0.271 e. The highest BCUT2D eigenvalue weighted by Crippen LogP contribution is 2.35. The maximum absolute atomic E-state index is 11.7. The predicted octanol–water partition coefficient (Wildman–Crippen LogP) is 3.65. The highest BCUT2D eigenvalue weighted by molar-refractivity contribution is 5.96. The van der Waals surface area contributed by atoms with Gasteiger partial charge in [-0.05, 0) is 50.5 Å². The first kappa shape index (κ1) is 17.1. The number of aliphatic hydroxyl groups is 1. The highest BCUT2D eigenvalue weighted by atomic mass is 16.5. The van der Waals surface area contributed by atoms with Gasteiger partial charge in [-0.2, -0.15) is 0 Å². The van der Waals surface area contributed by atoms with E-state index in [9.17, 15) is 5.11 Å². The zero-order valence-corrected chi connectivity index (χ0v) is 15.6. The van der Waals surface area contributed by atoms with E-state index in [1.165, 1.54) is 24.2 Å². The lowest BCUT2D eigenvalue weighted by Gasteiger charge is -2.23. The van der Waals surface area contributed by atoms with Crippen LogP contribution in [-0.2, 0) is 5.72 Å². The molecule has 2 aliphatic heterocycles.